The van der Waals surface area contributed by atoms with E-state index in [9.17, 15) is 29.1 Å². The van der Waals surface area contributed by atoms with Gasteiger partial charge in [-0.2, -0.15) is 0 Å². The van der Waals surface area contributed by atoms with Crippen molar-refractivity contribution in [2.24, 2.45) is 5.73 Å². The molecule has 0 fully saturated rings. The van der Waals surface area contributed by atoms with Gasteiger partial charge in [0, 0.05) is 13.3 Å². The second-order valence-corrected chi connectivity index (χ2v) is 5.96. The molecule has 0 bridgehead atoms. The lowest BCUT2D eigenvalue weighted by atomic mass is 10.1. The quantitative estimate of drug-likeness (QED) is 0.141. The molecule has 0 heterocycles. The van der Waals surface area contributed by atoms with Crippen molar-refractivity contribution >= 4 is 30.0 Å². The summed E-state index contributed by atoms with van der Waals surface area (Å²) in [5, 5.41) is 25.0. The first-order valence-corrected chi connectivity index (χ1v) is 8.61. The predicted molar refractivity (Wildman–Crippen MR) is 94.4 cm³/mol. The summed E-state index contributed by atoms with van der Waals surface area (Å²) in [4.78, 5) is 57.3. The molecule has 0 aromatic carbocycles. The number of carboxylic acid groups (broad SMARTS) is 1. The van der Waals surface area contributed by atoms with E-state index in [0.717, 1.165) is 6.92 Å². The van der Waals surface area contributed by atoms with Crippen LogP contribution in [0.3, 0.4) is 0 Å². The van der Waals surface area contributed by atoms with Crippen molar-refractivity contribution in [1.29, 1.82) is 0 Å². The van der Waals surface area contributed by atoms with Crippen LogP contribution in [-0.4, -0.2) is 71.5 Å². The Morgan fingerprint density at radius 1 is 1.00 bits per heavy atom. The minimum Gasteiger partial charge on any atom is -0.481 e. The smallest absolute Gasteiger partial charge is 0.303 e. The highest BCUT2D eigenvalue weighted by Gasteiger charge is 2.27. The first-order valence-electron chi connectivity index (χ1n) is 8.61. The lowest BCUT2D eigenvalue weighted by molar-refractivity contribution is -0.138. The van der Waals surface area contributed by atoms with Crippen LogP contribution in [0.4, 0.5) is 0 Å². The molecule has 11 heteroatoms. The van der Waals surface area contributed by atoms with Crippen LogP contribution in [0.1, 0.15) is 39.0 Å². The molecule has 0 spiro atoms. The molecule has 0 aliphatic carbocycles. The summed E-state index contributed by atoms with van der Waals surface area (Å²) in [6.07, 6.45) is 1.67. The average Bonchev–Trinajstić information content (AvgIpc) is 2.61. The van der Waals surface area contributed by atoms with Crippen LogP contribution in [0.2, 0.25) is 0 Å². The lowest BCUT2D eigenvalue weighted by Crippen LogP contribution is -2.56. The highest BCUT2D eigenvalue weighted by Crippen LogP contribution is 2.01. The van der Waals surface area contributed by atoms with E-state index in [1.54, 1.807) is 0 Å². The lowest BCUT2D eigenvalue weighted by Gasteiger charge is -2.22. The van der Waals surface area contributed by atoms with Gasteiger partial charge in [0.05, 0.1) is 12.6 Å². The van der Waals surface area contributed by atoms with Crippen LogP contribution in [0.15, 0.2) is 0 Å². The fraction of sp³-hybridized carbons (Fsp3) is 0.688. The van der Waals surface area contributed by atoms with Gasteiger partial charge in [-0.05, 0) is 32.2 Å². The largest absolute Gasteiger partial charge is 0.481 e. The normalized spacial score (nSPS) is 13.7. The topological polar surface area (TPSA) is 188 Å². The zero-order valence-corrected chi connectivity index (χ0v) is 15.3. The molecule has 2 unspecified atom stereocenters. The average molecular weight is 388 g/mol. The van der Waals surface area contributed by atoms with Crippen molar-refractivity contribution in [2.75, 3.05) is 13.2 Å². The Bertz CT molecular complexity index is 527. The van der Waals surface area contributed by atoms with Gasteiger partial charge in [0.2, 0.25) is 17.7 Å². The maximum atomic E-state index is 12.2. The molecule has 0 saturated heterocycles. The maximum Gasteiger partial charge on any atom is 0.303 e. The fourth-order valence-corrected chi connectivity index (χ4v) is 2.21. The number of aliphatic hydroxyl groups excluding tert-OH is 1. The van der Waals surface area contributed by atoms with Crippen molar-refractivity contribution in [3.8, 4) is 0 Å². The van der Waals surface area contributed by atoms with Gasteiger partial charge in [0.1, 0.15) is 18.4 Å². The van der Waals surface area contributed by atoms with Crippen molar-refractivity contribution in [3.05, 3.63) is 0 Å². The number of hydrogen-bond acceptors (Lipinski definition) is 7. The van der Waals surface area contributed by atoms with Gasteiger partial charge in [0.25, 0.3) is 0 Å². The minimum absolute atomic E-state index is 0.184. The van der Waals surface area contributed by atoms with Crippen LogP contribution in [0, 0.1) is 0 Å². The number of nitrogens with two attached hydrogens (primary N) is 1. The van der Waals surface area contributed by atoms with Gasteiger partial charge in [-0.3, -0.25) is 19.2 Å². The summed E-state index contributed by atoms with van der Waals surface area (Å²) >= 11 is 0. The van der Waals surface area contributed by atoms with E-state index in [-0.39, 0.29) is 12.8 Å². The number of carbonyl (C=O) groups excluding carboxylic acids is 4. The number of rotatable bonds is 14. The summed E-state index contributed by atoms with van der Waals surface area (Å²) in [7, 11) is 0. The number of carbonyl (C=O) groups is 5. The second kappa shape index (κ2) is 13.6. The molecule has 0 aromatic rings. The van der Waals surface area contributed by atoms with E-state index < -0.39 is 48.4 Å². The fourth-order valence-electron chi connectivity index (χ4n) is 2.21. The van der Waals surface area contributed by atoms with E-state index in [1.807, 2.05) is 0 Å². The number of hydrogen-bond donors (Lipinski definition) is 6. The minimum atomic E-state index is -1.35. The molecule has 154 valence electrons. The van der Waals surface area contributed by atoms with Crippen LogP contribution >= 0.6 is 0 Å². The van der Waals surface area contributed by atoms with Crippen molar-refractivity contribution < 1.29 is 34.2 Å². The van der Waals surface area contributed by atoms with Gasteiger partial charge in [-0.15, -0.1) is 0 Å². The second-order valence-electron chi connectivity index (χ2n) is 5.96. The van der Waals surface area contributed by atoms with Crippen LogP contribution < -0.4 is 21.7 Å². The molecule has 7 N–H and O–H groups in total. The standard InChI is InChI=1S/C16H28N4O7/c1-10(23)18-12(5-6-14(24)25)15(26)20-13(9-22)16(27)19-11(8-21)4-2-3-7-17/h8,11-13,22H,2-7,9,17H2,1H3,(H,18,23)(H,19,27)(H,20,26)(H,24,25)/t11?,12?,13-/m0/s1. The van der Waals surface area contributed by atoms with E-state index in [0.29, 0.717) is 32.1 Å². The number of aliphatic carboxylic acids is 1. The van der Waals surface area contributed by atoms with E-state index in [4.69, 9.17) is 10.8 Å². The third-order valence-corrected chi connectivity index (χ3v) is 3.62. The molecule has 3 atom stereocenters. The van der Waals surface area contributed by atoms with Crippen molar-refractivity contribution in [1.82, 2.24) is 16.0 Å². The molecule has 0 aromatic heterocycles. The number of aliphatic hydroxyl groups is 1. The van der Waals surface area contributed by atoms with Gasteiger partial charge >= 0.3 is 5.97 Å². The van der Waals surface area contributed by atoms with E-state index in [1.165, 1.54) is 0 Å². The van der Waals surface area contributed by atoms with E-state index >= 15 is 0 Å². The third kappa shape index (κ3) is 10.9. The number of unbranched alkanes of at least 4 members (excludes halogenated alkanes) is 1. The summed E-state index contributed by atoms with van der Waals surface area (Å²) in [5.41, 5.74) is 5.37. The van der Waals surface area contributed by atoms with Gasteiger partial charge in [-0.25, -0.2) is 0 Å². The molecule has 0 radical (unpaired) electrons. The zero-order chi connectivity index (χ0) is 20.8. The number of nitrogens with one attached hydrogen (secondary N) is 3. The number of carboxylic acids is 1. The monoisotopic (exact) mass is 388 g/mol. The summed E-state index contributed by atoms with van der Waals surface area (Å²) in [6.45, 7) is 0.876. The SMILES string of the molecule is CC(=O)NC(CCC(=O)O)C(=O)N[C@@H](CO)C(=O)NC(C=O)CCCCN. The van der Waals surface area contributed by atoms with E-state index in [2.05, 4.69) is 16.0 Å². The Hall–Kier alpha value is -2.53. The maximum absolute atomic E-state index is 12.2. The zero-order valence-electron chi connectivity index (χ0n) is 15.3. The summed E-state index contributed by atoms with van der Waals surface area (Å²) < 4.78 is 0. The van der Waals surface area contributed by atoms with Crippen molar-refractivity contribution in [2.45, 2.75) is 57.2 Å². The Labute approximate surface area is 157 Å². The van der Waals surface area contributed by atoms with Crippen molar-refractivity contribution in [3.63, 3.8) is 0 Å². The summed E-state index contributed by atoms with van der Waals surface area (Å²) in [6, 6.07) is -3.31. The molecule has 0 rings (SSSR count). The first-order chi connectivity index (χ1) is 12.7. The molecular formula is C16H28N4O7. The number of aldehydes is 1. The Morgan fingerprint density at radius 2 is 1.63 bits per heavy atom. The highest BCUT2D eigenvalue weighted by molar-refractivity contribution is 5.92. The Kier molecular flexibility index (Phi) is 12.4. The molecule has 3 amide bonds. The molecule has 0 aliphatic heterocycles. The highest BCUT2D eigenvalue weighted by atomic mass is 16.4. The molecule has 11 nitrogen and oxygen atoms in total. The molecular weight excluding hydrogens is 360 g/mol. The van der Waals surface area contributed by atoms with Gasteiger partial charge < -0.3 is 36.7 Å². The molecule has 0 saturated carbocycles. The van der Waals surface area contributed by atoms with Crippen LogP contribution in [-0.2, 0) is 24.0 Å². The molecule has 27 heavy (non-hydrogen) atoms. The predicted octanol–water partition coefficient (Wildman–Crippen LogP) is -2.35. The Balaban J connectivity index is 4.84. The van der Waals surface area contributed by atoms with Gasteiger partial charge in [-0.1, -0.05) is 0 Å². The first kappa shape index (κ1) is 24.5. The van der Waals surface area contributed by atoms with Crippen LogP contribution in [0.25, 0.3) is 0 Å². The Morgan fingerprint density at radius 3 is 2.11 bits per heavy atom. The van der Waals surface area contributed by atoms with Gasteiger partial charge in [0.15, 0.2) is 0 Å². The third-order valence-electron chi connectivity index (χ3n) is 3.62. The number of amides is 3. The van der Waals surface area contributed by atoms with Crippen LogP contribution in [0.5, 0.6) is 0 Å². The summed E-state index contributed by atoms with van der Waals surface area (Å²) in [5.74, 6) is -3.28. The molecule has 0 aliphatic rings.